The predicted molar refractivity (Wildman–Crippen MR) is 71.4 cm³/mol. The molecule has 16 heteroatoms. The van der Waals surface area contributed by atoms with Crippen molar-refractivity contribution in [3.8, 4) is 0 Å². The number of hydrogen-bond acceptors (Lipinski definition) is 9. The molecule has 0 saturated carbocycles. The molecule has 138 valence electrons. The van der Waals surface area contributed by atoms with Crippen molar-refractivity contribution in [2.45, 2.75) is 18.4 Å². The molecule has 0 atom stereocenters. The lowest BCUT2D eigenvalue weighted by Crippen LogP contribution is -2.42. The fourth-order valence-electron chi connectivity index (χ4n) is 0.714. The van der Waals surface area contributed by atoms with Crippen molar-refractivity contribution in [3.05, 3.63) is 0 Å². The number of hydrogen-bond donors (Lipinski definition) is 11. The van der Waals surface area contributed by atoms with Gasteiger partial charge in [-0.3, -0.25) is 9.59 Å². The fourth-order valence-corrected chi connectivity index (χ4v) is 0.714. The summed E-state index contributed by atoms with van der Waals surface area (Å²) in [6, 6.07) is 0. The summed E-state index contributed by atoms with van der Waals surface area (Å²) in [6.07, 6.45) is -2.29. The molecular weight excluding hydrogens is 335 g/mol. The third-order valence-corrected chi connectivity index (χ3v) is 1.29. The first-order chi connectivity index (χ1) is 7.78. The zero-order valence-corrected chi connectivity index (χ0v) is 12.3. The van der Waals surface area contributed by atoms with E-state index in [1.165, 1.54) is 0 Å². The molecule has 0 radical (unpaired) electrons. The van der Waals surface area contributed by atoms with Gasteiger partial charge in [0.25, 0.3) is 0 Å². The Bertz CT molecular complexity index is 359. The summed E-state index contributed by atoms with van der Waals surface area (Å²) in [7, 11) is -4.64. The van der Waals surface area contributed by atoms with Gasteiger partial charge in [0.2, 0.25) is 0 Å². The second kappa shape index (κ2) is 14.3. The first-order valence-corrected chi connectivity index (χ1v) is 5.52. The molecule has 0 fully saturated rings. The zero-order chi connectivity index (χ0) is 15.1. The van der Waals surface area contributed by atoms with Gasteiger partial charge in [0.05, 0.1) is 12.8 Å². The highest BCUT2D eigenvalue weighted by Crippen LogP contribution is 2.25. The van der Waals surface area contributed by atoms with E-state index in [2.05, 4.69) is 0 Å². The number of rotatable bonds is 5. The van der Waals surface area contributed by atoms with E-state index in [9.17, 15) is 14.4 Å². The van der Waals surface area contributed by atoms with Gasteiger partial charge in [0.1, 0.15) is 0 Å². The van der Waals surface area contributed by atoms with Crippen LogP contribution in [0.4, 0.5) is 0 Å². The topological polar surface area (TPSA) is 350 Å². The molecule has 0 heterocycles. The first kappa shape index (κ1) is 37.0. The van der Waals surface area contributed by atoms with Crippen LogP contribution in [-0.2, 0) is 18.9 Å². The third-order valence-electron chi connectivity index (χ3n) is 1.29. The number of carbonyl (C=O) groups is 3. The van der Waals surface area contributed by atoms with Crippen LogP contribution in [0.25, 0.3) is 0 Å². The molecule has 0 amide bonds. The molecule has 0 aliphatic carbocycles. The Labute approximate surface area is 124 Å². The van der Waals surface area contributed by atoms with Crippen molar-refractivity contribution >= 4 is 25.7 Å². The number of phosphoric acid groups is 1. The molecule has 15 nitrogen and oxygen atoms in total. The Morgan fingerprint density at radius 1 is 0.773 bits per heavy atom. The fraction of sp³-hybridized carbons (Fsp3) is 0.500. The first-order valence-electron chi connectivity index (χ1n) is 3.95. The minimum atomic E-state index is -4.64. The molecule has 0 saturated heterocycles. The van der Waals surface area contributed by atoms with Crippen LogP contribution in [0.1, 0.15) is 12.8 Å². The molecule has 0 unspecified atom stereocenters. The molecule has 0 aromatic rings. The molecule has 0 aromatic carbocycles. The smallest absolute Gasteiger partial charge is 0.466 e. The Kier molecular flexibility index (Phi) is 24.0. The van der Waals surface area contributed by atoms with Crippen molar-refractivity contribution < 1.29 is 54.1 Å². The highest BCUT2D eigenvalue weighted by Gasteiger charge is 2.40. The summed E-state index contributed by atoms with van der Waals surface area (Å²) in [5, 5.41) is 33.8. The quantitative estimate of drug-likeness (QED) is 0.248. The minimum absolute atomic E-state index is 0. The average molecular weight is 358 g/mol. The van der Waals surface area contributed by atoms with Crippen LogP contribution < -0.4 is 24.6 Å². The van der Waals surface area contributed by atoms with E-state index < -0.39 is 44.2 Å². The number of carboxylic acid groups (broad SMARTS) is 3. The zero-order valence-electron chi connectivity index (χ0n) is 11.5. The van der Waals surface area contributed by atoms with Gasteiger partial charge in [0.15, 0.2) is 5.60 Å². The van der Waals surface area contributed by atoms with Gasteiger partial charge in [-0.15, -0.1) is 0 Å². The maximum Gasteiger partial charge on any atom is 0.466 e. The van der Waals surface area contributed by atoms with Gasteiger partial charge in [-0.25, -0.2) is 9.36 Å². The predicted octanol–water partition coefficient (Wildman–Crippen LogP) is -1.53. The molecule has 0 aromatic heterocycles. The van der Waals surface area contributed by atoms with Crippen LogP contribution in [0, 0.1) is 0 Å². The van der Waals surface area contributed by atoms with Crippen molar-refractivity contribution in [3.63, 3.8) is 0 Å². The Balaban J connectivity index is -0.0000000627. The van der Waals surface area contributed by atoms with Gasteiger partial charge in [0, 0.05) is 0 Å². The summed E-state index contributed by atoms with van der Waals surface area (Å²) in [5.41, 5.74) is -2.74. The lowest BCUT2D eigenvalue weighted by atomic mass is 9.96. The summed E-state index contributed by atoms with van der Waals surface area (Å²) in [4.78, 5) is 52.0. The van der Waals surface area contributed by atoms with E-state index >= 15 is 0 Å². The summed E-state index contributed by atoms with van der Waals surface area (Å²) < 4.78 is 8.88. The third kappa shape index (κ3) is 26.8. The SMILES string of the molecule is N.N.N.N.O=C(O)CC(O)(CC(=O)O)C(=O)O.O=P(O)(O)O. The average Bonchev–Trinajstić information content (AvgIpc) is 1.95. The number of carboxylic acids is 3. The van der Waals surface area contributed by atoms with Crippen molar-refractivity contribution in [2.24, 2.45) is 0 Å². The van der Waals surface area contributed by atoms with Gasteiger partial charge >= 0.3 is 25.7 Å². The molecule has 0 spiro atoms. The summed E-state index contributed by atoms with van der Waals surface area (Å²) in [6.45, 7) is 0. The van der Waals surface area contributed by atoms with Crippen molar-refractivity contribution in [2.75, 3.05) is 0 Å². The standard InChI is InChI=1S/C6H8O7.4H3N.H3O4P/c7-3(8)1-6(13,5(11)12)2-4(9)10;;;;;1-5(2,3)4/h13H,1-2H2,(H,7,8)(H,9,10)(H,11,12);4*1H3;(H3,1,2,3,4). The Morgan fingerprint density at radius 2 is 0.955 bits per heavy atom. The molecule has 0 aliphatic heterocycles. The van der Waals surface area contributed by atoms with E-state index in [4.69, 9.17) is 39.7 Å². The van der Waals surface area contributed by atoms with Crippen LogP contribution >= 0.6 is 7.82 Å². The normalized spacial score (nSPS) is 9.09. The van der Waals surface area contributed by atoms with Crippen molar-refractivity contribution in [1.82, 2.24) is 24.6 Å². The lowest BCUT2D eigenvalue weighted by Gasteiger charge is -2.18. The molecule has 0 bridgehead atoms. The van der Waals surface area contributed by atoms with Crippen LogP contribution in [0.15, 0.2) is 0 Å². The van der Waals surface area contributed by atoms with E-state index in [1.807, 2.05) is 0 Å². The van der Waals surface area contributed by atoms with Gasteiger partial charge < -0.3 is 59.7 Å². The second-order valence-electron chi connectivity index (χ2n) is 2.99. The molecule has 22 heavy (non-hydrogen) atoms. The van der Waals surface area contributed by atoms with Crippen LogP contribution in [-0.4, -0.2) is 58.6 Å². The van der Waals surface area contributed by atoms with Gasteiger partial charge in [-0.2, -0.15) is 0 Å². The van der Waals surface area contributed by atoms with Crippen molar-refractivity contribution in [1.29, 1.82) is 0 Å². The van der Waals surface area contributed by atoms with Crippen LogP contribution in [0.2, 0.25) is 0 Å². The lowest BCUT2D eigenvalue weighted by molar-refractivity contribution is -0.170. The summed E-state index contributed by atoms with van der Waals surface area (Å²) in [5.74, 6) is -5.02. The van der Waals surface area contributed by atoms with E-state index in [0.717, 1.165) is 0 Å². The Hall–Kier alpha value is -1.68. The maximum atomic E-state index is 10.3. The maximum absolute atomic E-state index is 10.3. The Morgan fingerprint density at radius 3 is 1.05 bits per heavy atom. The second-order valence-corrected chi connectivity index (χ2v) is 4.02. The number of aliphatic hydroxyl groups is 1. The molecule has 0 aliphatic rings. The van der Waals surface area contributed by atoms with E-state index in [0.29, 0.717) is 0 Å². The largest absolute Gasteiger partial charge is 0.481 e. The number of aliphatic carboxylic acids is 3. The monoisotopic (exact) mass is 358 g/mol. The summed E-state index contributed by atoms with van der Waals surface area (Å²) >= 11 is 0. The minimum Gasteiger partial charge on any atom is -0.481 e. The van der Waals surface area contributed by atoms with Crippen LogP contribution in [0.3, 0.4) is 0 Å². The highest BCUT2D eigenvalue weighted by atomic mass is 31.2. The molecule has 19 N–H and O–H groups in total. The molecule has 0 rings (SSSR count). The van der Waals surface area contributed by atoms with E-state index in [-0.39, 0.29) is 24.6 Å². The van der Waals surface area contributed by atoms with Gasteiger partial charge in [-0.1, -0.05) is 0 Å². The van der Waals surface area contributed by atoms with E-state index in [1.54, 1.807) is 0 Å². The van der Waals surface area contributed by atoms with Crippen LogP contribution in [0.5, 0.6) is 0 Å². The highest BCUT2D eigenvalue weighted by molar-refractivity contribution is 7.45. The van der Waals surface area contributed by atoms with Gasteiger partial charge in [-0.05, 0) is 0 Å². The molecular formula is C6H23N4O11P.